The molecule has 202 valence electrons. The molecule has 0 bridgehead atoms. The summed E-state index contributed by atoms with van der Waals surface area (Å²) in [4.78, 5) is 18.6. The van der Waals surface area contributed by atoms with Crippen molar-refractivity contribution in [3.05, 3.63) is 57.7 Å². The van der Waals surface area contributed by atoms with Gasteiger partial charge in [-0.3, -0.25) is 4.79 Å². The second kappa shape index (κ2) is 12.6. The van der Waals surface area contributed by atoms with Crippen LogP contribution in [0.2, 0.25) is 0 Å². The lowest BCUT2D eigenvalue weighted by atomic mass is 9.94. The van der Waals surface area contributed by atoms with Crippen molar-refractivity contribution in [2.45, 2.75) is 51.7 Å². The highest BCUT2D eigenvalue weighted by atomic mass is 79.9. The van der Waals surface area contributed by atoms with Crippen LogP contribution in [0.5, 0.6) is 17.2 Å². The molecule has 0 spiro atoms. The summed E-state index contributed by atoms with van der Waals surface area (Å²) in [6.45, 7) is 8.58. The number of ether oxygens (including phenoxy) is 2. The predicted molar refractivity (Wildman–Crippen MR) is 153 cm³/mol. The molecule has 11 heteroatoms. The number of halogens is 1. The zero-order chi connectivity index (χ0) is 27.2. The minimum atomic E-state index is -0.630. The molecule has 2 aromatic carbocycles. The number of carbonyl (C=O) groups excluding carboxylic acids is 1. The normalized spacial score (nSPS) is 14.6. The number of fused-ring (bicyclic) bond motifs is 1. The predicted octanol–water partition coefficient (Wildman–Crippen LogP) is 6.36. The van der Waals surface area contributed by atoms with Gasteiger partial charge in [0, 0.05) is 11.4 Å². The number of para-hydroxylation sites is 2. The fraction of sp³-hybridized carbons (Fsp3) is 0.370. The number of carbonyl (C=O) groups is 1. The lowest BCUT2D eigenvalue weighted by Gasteiger charge is -2.29. The number of aromatic hydroxyl groups is 1. The lowest BCUT2D eigenvalue weighted by Crippen LogP contribution is -2.31. The van der Waals surface area contributed by atoms with Crippen LogP contribution in [-0.2, 0) is 4.79 Å². The standard InChI is InChI=1S/C27H32BrN5O4S/c1-5-8-13-38-27-31-26-29-16(4)22(25(35)30-19-11-9-10-12-20(19)36-6-2)23(33(26)32-27)17-14-18(28)24(34)21(15-17)37-7-3/h9-12,14-15,23,34H,5-8,13H2,1-4H3,(H,30,35)(H,29,31,32). The molecule has 1 unspecified atom stereocenters. The van der Waals surface area contributed by atoms with Gasteiger partial charge < -0.3 is 25.2 Å². The maximum absolute atomic E-state index is 13.9. The molecule has 1 aliphatic rings. The molecule has 38 heavy (non-hydrogen) atoms. The van der Waals surface area contributed by atoms with Crippen molar-refractivity contribution in [2.24, 2.45) is 0 Å². The molecule has 1 atom stereocenters. The number of phenolic OH excluding ortho intramolecular Hbond substituents is 1. The van der Waals surface area contributed by atoms with E-state index >= 15 is 0 Å². The summed E-state index contributed by atoms with van der Waals surface area (Å²) >= 11 is 5.03. The number of hydrogen-bond acceptors (Lipinski definition) is 8. The van der Waals surface area contributed by atoms with E-state index in [0.29, 0.717) is 62.8 Å². The Morgan fingerprint density at radius 1 is 1.18 bits per heavy atom. The van der Waals surface area contributed by atoms with Gasteiger partial charge in [-0.2, -0.15) is 4.98 Å². The summed E-state index contributed by atoms with van der Waals surface area (Å²) in [5.41, 5.74) is 2.38. The third kappa shape index (κ3) is 5.94. The van der Waals surface area contributed by atoms with Gasteiger partial charge in [-0.25, -0.2) is 4.68 Å². The molecule has 4 rings (SSSR count). The van der Waals surface area contributed by atoms with Gasteiger partial charge in [0.1, 0.15) is 11.8 Å². The van der Waals surface area contributed by atoms with Crippen LogP contribution >= 0.6 is 27.7 Å². The first-order valence-electron chi connectivity index (χ1n) is 12.6. The third-order valence-corrected chi connectivity index (χ3v) is 7.44. The molecule has 0 saturated carbocycles. The number of benzene rings is 2. The van der Waals surface area contributed by atoms with Crippen LogP contribution in [0.4, 0.5) is 11.6 Å². The molecule has 3 aromatic rings. The van der Waals surface area contributed by atoms with E-state index in [4.69, 9.17) is 14.6 Å². The maximum atomic E-state index is 13.9. The number of phenols is 1. The Morgan fingerprint density at radius 2 is 1.92 bits per heavy atom. The van der Waals surface area contributed by atoms with Crippen LogP contribution in [0.15, 0.2) is 57.3 Å². The van der Waals surface area contributed by atoms with Crippen LogP contribution in [-0.4, -0.2) is 44.7 Å². The quantitative estimate of drug-likeness (QED) is 0.172. The van der Waals surface area contributed by atoms with Crippen LogP contribution in [0, 0.1) is 0 Å². The molecular formula is C27H32BrN5O4S. The number of nitrogens with one attached hydrogen (secondary N) is 2. The highest BCUT2D eigenvalue weighted by Crippen LogP contribution is 2.43. The summed E-state index contributed by atoms with van der Waals surface area (Å²) in [6.07, 6.45) is 2.13. The van der Waals surface area contributed by atoms with Crippen molar-refractivity contribution in [3.63, 3.8) is 0 Å². The fourth-order valence-electron chi connectivity index (χ4n) is 4.16. The minimum Gasteiger partial charge on any atom is -0.503 e. The molecular weight excluding hydrogens is 570 g/mol. The van der Waals surface area contributed by atoms with Crippen LogP contribution in [0.1, 0.15) is 52.1 Å². The number of rotatable bonds is 11. The first kappa shape index (κ1) is 27.8. The van der Waals surface area contributed by atoms with Crippen molar-refractivity contribution in [2.75, 3.05) is 29.6 Å². The Hall–Kier alpha value is -3.18. The topological polar surface area (TPSA) is 111 Å². The molecule has 0 aliphatic carbocycles. The average Bonchev–Trinajstić information content (AvgIpc) is 3.29. The summed E-state index contributed by atoms with van der Waals surface area (Å²) < 4.78 is 13.6. The number of unbranched alkanes of at least 4 members (excludes halogenated alkanes) is 1. The maximum Gasteiger partial charge on any atom is 0.255 e. The highest BCUT2D eigenvalue weighted by molar-refractivity contribution is 9.10. The van der Waals surface area contributed by atoms with Crippen molar-refractivity contribution < 1.29 is 19.4 Å². The van der Waals surface area contributed by atoms with Crippen LogP contribution in [0.25, 0.3) is 0 Å². The largest absolute Gasteiger partial charge is 0.503 e. The van der Waals surface area contributed by atoms with Gasteiger partial charge in [-0.05, 0) is 73.0 Å². The van der Waals surface area contributed by atoms with E-state index in [9.17, 15) is 9.90 Å². The molecule has 3 N–H and O–H groups in total. The average molecular weight is 603 g/mol. The SMILES string of the molecule is CCCCSc1nc2n(n1)C(c1cc(Br)c(O)c(OCC)c1)C(C(=O)Nc1ccccc1OCC)=C(C)N2. The second-order valence-corrected chi connectivity index (χ2v) is 10.5. The van der Waals surface area contributed by atoms with E-state index < -0.39 is 6.04 Å². The molecule has 0 saturated heterocycles. The first-order valence-corrected chi connectivity index (χ1v) is 14.4. The van der Waals surface area contributed by atoms with Gasteiger partial charge in [0.2, 0.25) is 11.1 Å². The molecule has 1 aliphatic heterocycles. The monoisotopic (exact) mass is 601 g/mol. The van der Waals surface area contributed by atoms with Gasteiger partial charge >= 0.3 is 0 Å². The van der Waals surface area contributed by atoms with Crippen molar-refractivity contribution in [1.82, 2.24) is 14.8 Å². The Balaban J connectivity index is 1.80. The second-order valence-electron chi connectivity index (χ2n) is 8.60. The zero-order valence-electron chi connectivity index (χ0n) is 21.9. The number of thioether (sulfide) groups is 1. The Kier molecular flexibility index (Phi) is 9.22. The molecule has 1 amide bonds. The van der Waals surface area contributed by atoms with Crippen LogP contribution < -0.4 is 20.1 Å². The van der Waals surface area contributed by atoms with Gasteiger partial charge in [0.05, 0.1) is 28.9 Å². The third-order valence-electron chi connectivity index (χ3n) is 5.91. The van der Waals surface area contributed by atoms with Gasteiger partial charge in [-0.15, -0.1) is 5.10 Å². The van der Waals surface area contributed by atoms with Gasteiger partial charge in [0.25, 0.3) is 5.91 Å². The summed E-state index contributed by atoms with van der Waals surface area (Å²) in [7, 11) is 0. The summed E-state index contributed by atoms with van der Waals surface area (Å²) in [5.74, 6) is 2.03. The van der Waals surface area contributed by atoms with E-state index in [1.807, 2.05) is 39.0 Å². The number of nitrogens with zero attached hydrogens (tertiary/aromatic N) is 3. The van der Waals surface area contributed by atoms with Crippen molar-refractivity contribution in [1.29, 1.82) is 0 Å². The Morgan fingerprint density at radius 3 is 2.66 bits per heavy atom. The van der Waals surface area contributed by atoms with Crippen LogP contribution in [0.3, 0.4) is 0 Å². The Bertz CT molecular complexity index is 1340. The molecule has 2 heterocycles. The molecule has 9 nitrogen and oxygen atoms in total. The van der Waals surface area contributed by atoms with Gasteiger partial charge in [0.15, 0.2) is 11.5 Å². The smallest absolute Gasteiger partial charge is 0.255 e. The minimum absolute atomic E-state index is 0.00324. The van der Waals surface area contributed by atoms with Crippen molar-refractivity contribution in [3.8, 4) is 17.2 Å². The van der Waals surface area contributed by atoms with E-state index in [1.165, 1.54) is 0 Å². The number of aromatic nitrogens is 3. The highest BCUT2D eigenvalue weighted by Gasteiger charge is 2.35. The lowest BCUT2D eigenvalue weighted by molar-refractivity contribution is -0.113. The van der Waals surface area contributed by atoms with Crippen molar-refractivity contribution >= 4 is 45.2 Å². The number of hydrogen-bond donors (Lipinski definition) is 3. The number of anilines is 2. The van der Waals surface area contributed by atoms with E-state index in [0.717, 1.165) is 18.6 Å². The zero-order valence-corrected chi connectivity index (χ0v) is 24.3. The summed E-state index contributed by atoms with van der Waals surface area (Å²) in [6, 6.07) is 10.2. The molecule has 0 radical (unpaired) electrons. The first-order chi connectivity index (χ1) is 18.4. The van der Waals surface area contributed by atoms with E-state index in [1.54, 1.807) is 34.6 Å². The number of allylic oxidation sites excluding steroid dienone is 1. The van der Waals surface area contributed by atoms with Gasteiger partial charge in [-0.1, -0.05) is 37.2 Å². The number of amides is 1. The van der Waals surface area contributed by atoms with E-state index in [2.05, 4.69) is 38.5 Å². The molecule has 0 fully saturated rings. The Labute approximate surface area is 235 Å². The van der Waals surface area contributed by atoms with E-state index in [-0.39, 0.29) is 11.7 Å². The summed E-state index contributed by atoms with van der Waals surface area (Å²) in [5, 5.41) is 22.2. The molecule has 1 aromatic heterocycles. The fourth-order valence-corrected chi connectivity index (χ4v) is 5.53.